The predicted molar refractivity (Wildman–Crippen MR) is 191 cm³/mol. The van der Waals surface area contributed by atoms with Gasteiger partial charge in [-0.05, 0) is 55.7 Å². The van der Waals surface area contributed by atoms with Crippen LogP contribution in [0.1, 0.15) is 101 Å². The van der Waals surface area contributed by atoms with Crippen LogP contribution in [0.4, 0.5) is 5.13 Å². The zero-order chi connectivity index (χ0) is 33.3. The van der Waals surface area contributed by atoms with E-state index in [2.05, 4.69) is 77.3 Å². The molecule has 7 nitrogen and oxygen atoms in total. The van der Waals surface area contributed by atoms with E-state index in [9.17, 15) is 15.2 Å². The second-order valence-corrected chi connectivity index (χ2v) is 13.5. The summed E-state index contributed by atoms with van der Waals surface area (Å²) in [4.78, 5) is 22.5. The SMILES string of the molecule is C=c1c(C#N)c(O)n(N(C)C)c(=O)/c1=C\c1sc(N(CC(CC)CCCC)CC(CC)CCCC)nc1-c1c(C)cccc1C. The first kappa shape index (κ1) is 35.9. The van der Waals surface area contributed by atoms with Crippen LogP contribution in [0.5, 0.6) is 5.88 Å². The lowest BCUT2D eigenvalue weighted by molar-refractivity contribution is 0.403. The van der Waals surface area contributed by atoms with Crippen molar-refractivity contribution in [3.63, 3.8) is 0 Å². The molecule has 0 fully saturated rings. The van der Waals surface area contributed by atoms with E-state index in [-0.39, 0.29) is 16.0 Å². The Morgan fingerprint density at radius 2 is 1.60 bits per heavy atom. The van der Waals surface area contributed by atoms with Crippen LogP contribution in [0.3, 0.4) is 0 Å². The van der Waals surface area contributed by atoms with Gasteiger partial charge in [-0.3, -0.25) is 4.79 Å². The number of rotatable bonds is 16. The number of benzene rings is 1. The first-order chi connectivity index (χ1) is 21.5. The number of anilines is 1. The number of nitrogens with zero attached hydrogens (tertiary/aromatic N) is 5. The van der Waals surface area contributed by atoms with E-state index in [1.165, 1.54) is 43.5 Å². The van der Waals surface area contributed by atoms with E-state index in [1.54, 1.807) is 25.4 Å². The summed E-state index contributed by atoms with van der Waals surface area (Å²) in [7, 11) is 3.32. The molecule has 0 bridgehead atoms. The van der Waals surface area contributed by atoms with Crippen LogP contribution in [0.25, 0.3) is 23.9 Å². The Bertz CT molecular complexity index is 1610. The van der Waals surface area contributed by atoms with Gasteiger partial charge in [0, 0.05) is 38.0 Å². The van der Waals surface area contributed by atoms with Crippen LogP contribution in [-0.4, -0.2) is 42.0 Å². The molecule has 0 spiro atoms. The van der Waals surface area contributed by atoms with Gasteiger partial charge in [-0.25, -0.2) is 4.98 Å². The highest BCUT2D eigenvalue weighted by Gasteiger charge is 2.24. The number of aromatic hydroxyl groups is 1. The zero-order valence-electron chi connectivity index (χ0n) is 28.7. The number of unbranched alkanes of at least 4 members (excludes halogenated alkanes) is 2. The smallest absolute Gasteiger partial charge is 0.280 e. The molecule has 45 heavy (non-hydrogen) atoms. The number of thiazole rings is 1. The van der Waals surface area contributed by atoms with Gasteiger partial charge in [-0.1, -0.05) is 102 Å². The molecule has 0 radical (unpaired) electrons. The van der Waals surface area contributed by atoms with Gasteiger partial charge >= 0.3 is 0 Å². The molecule has 0 aliphatic heterocycles. The Labute approximate surface area is 274 Å². The summed E-state index contributed by atoms with van der Waals surface area (Å²) in [6.45, 7) is 19.3. The molecule has 2 heterocycles. The van der Waals surface area contributed by atoms with Gasteiger partial charge in [-0.15, -0.1) is 0 Å². The number of aryl methyl sites for hydroxylation is 2. The lowest BCUT2D eigenvalue weighted by Crippen LogP contribution is -2.50. The Morgan fingerprint density at radius 3 is 2.07 bits per heavy atom. The Kier molecular flexibility index (Phi) is 13.3. The highest BCUT2D eigenvalue weighted by Crippen LogP contribution is 2.38. The number of hydrogen-bond donors (Lipinski definition) is 1. The number of nitriles is 1. The molecule has 244 valence electrons. The number of aromatic nitrogens is 2. The molecule has 2 atom stereocenters. The van der Waals surface area contributed by atoms with Gasteiger partial charge in [0.25, 0.3) is 5.56 Å². The Morgan fingerprint density at radius 1 is 1.04 bits per heavy atom. The van der Waals surface area contributed by atoms with E-state index in [0.29, 0.717) is 11.8 Å². The van der Waals surface area contributed by atoms with Crippen molar-refractivity contribution in [2.24, 2.45) is 11.8 Å². The lowest BCUT2D eigenvalue weighted by atomic mass is 9.96. The number of pyridine rings is 1. The van der Waals surface area contributed by atoms with Crippen molar-refractivity contribution in [1.82, 2.24) is 9.66 Å². The van der Waals surface area contributed by atoms with Crippen LogP contribution in [0, 0.1) is 37.0 Å². The fourth-order valence-electron chi connectivity index (χ4n) is 6.09. The van der Waals surface area contributed by atoms with Crippen LogP contribution in [0.2, 0.25) is 0 Å². The molecule has 0 saturated heterocycles. The molecule has 2 aromatic heterocycles. The van der Waals surface area contributed by atoms with Crippen molar-refractivity contribution in [2.45, 2.75) is 92.9 Å². The highest BCUT2D eigenvalue weighted by atomic mass is 32.1. The molecule has 0 amide bonds. The van der Waals surface area contributed by atoms with E-state index in [4.69, 9.17) is 4.98 Å². The largest absolute Gasteiger partial charge is 0.492 e. The minimum atomic E-state index is -0.433. The first-order valence-electron chi connectivity index (χ1n) is 16.6. The molecular weight excluding hydrogens is 579 g/mol. The lowest BCUT2D eigenvalue weighted by Gasteiger charge is -2.30. The van der Waals surface area contributed by atoms with Crippen molar-refractivity contribution in [2.75, 3.05) is 37.1 Å². The van der Waals surface area contributed by atoms with Gasteiger partial charge in [-0.2, -0.15) is 9.94 Å². The minimum absolute atomic E-state index is 0.0158. The van der Waals surface area contributed by atoms with Crippen LogP contribution >= 0.6 is 11.3 Å². The standard InChI is InChI=1S/C37H53N5O2S/c1-10-14-19-28(12-3)23-41(24-29(13-4)20-15-11-2)37-39-34(33-25(5)17-16-18-26(33)6)32(45-37)21-30-27(7)31(22-38)36(44)42(35(30)43)40(8)9/h16-18,21,28-29,44H,7,10-15,19-20,23-24H2,1-6,8-9H3/b30-21-. The molecule has 0 aliphatic carbocycles. The summed E-state index contributed by atoms with van der Waals surface area (Å²) in [6.07, 6.45) is 11.3. The average Bonchev–Trinajstić information content (AvgIpc) is 3.41. The summed E-state index contributed by atoms with van der Waals surface area (Å²) >= 11 is 1.60. The van der Waals surface area contributed by atoms with E-state index >= 15 is 0 Å². The molecule has 2 unspecified atom stereocenters. The molecule has 1 N–H and O–H groups in total. The third-order valence-electron chi connectivity index (χ3n) is 8.94. The van der Waals surface area contributed by atoms with Gasteiger partial charge in [0.2, 0.25) is 5.88 Å². The minimum Gasteiger partial charge on any atom is -0.492 e. The quantitative estimate of drug-likeness (QED) is 0.186. The van der Waals surface area contributed by atoms with Crippen LogP contribution in [-0.2, 0) is 0 Å². The van der Waals surface area contributed by atoms with Crippen molar-refractivity contribution < 1.29 is 5.11 Å². The molecular formula is C37H53N5O2S. The highest BCUT2D eigenvalue weighted by molar-refractivity contribution is 7.16. The van der Waals surface area contributed by atoms with Crippen molar-refractivity contribution >= 4 is 29.1 Å². The summed E-state index contributed by atoms with van der Waals surface area (Å²) in [5.74, 6) is 0.737. The number of hydrogen-bond acceptors (Lipinski definition) is 7. The fraction of sp³-hybridized carbons (Fsp3) is 0.541. The van der Waals surface area contributed by atoms with Crippen molar-refractivity contribution in [1.29, 1.82) is 5.26 Å². The van der Waals surface area contributed by atoms with E-state index in [0.717, 1.165) is 63.0 Å². The first-order valence-corrected chi connectivity index (χ1v) is 17.4. The summed E-state index contributed by atoms with van der Waals surface area (Å²) in [6, 6.07) is 8.30. The third-order valence-corrected chi connectivity index (χ3v) is 10.00. The summed E-state index contributed by atoms with van der Waals surface area (Å²) in [5.41, 5.74) is 3.66. The van der Waals surface area contributed by atoms with Gasteiger partial charge in [0.15, 0.2) is 5.13 Å². The van der Waals surface area contributed by atoms with Crippen molar-refractivity contribution in [3.05, 3.63) is 60.6 Å². The Balaban J connectivity index is 2.36. The predicted octanol–water partition coefficient (Wildman–Crippen LogP) is 6.84. The monoisotopic (exact) mass is 631 g/mol. The van der Waals surface area contributed by atoms with Gasteiger partial charge in [0.1, 0.15) is 11.6 Å². The van der Waals surface area contributed by atoms with E-state index in [1.807, 2.05) is 6.08 Å². The molecule has 8 heteroatoms. The fourth-order valence-corrected chi connectivity index (χ4v) is 7.13. The Hall–Kier alpha value is -3.57. The molecule has 1 aromatic carbocycles. The third kappa shape index (κ3) is 8.38. The van der Waals surface area contributed by atoms with Crippen molar-refractivity contribution in [3.8, 4) is 23.2 Å². The topological polar surface area (TPSA) is 85.4 Å². The average molecular weight is 632 g/mol. The normalized spacial score (nSPS) is 13.1. The zero-order valence-corrected chi connectivity index (χ0v) is 29.6. The summed E-state index contributed by atoms with van der Waals surface area (Å²) in [5, 5.41) is 23.6. The molecule has 0 aliphatic rings. The molecule has 3 aromatic rings. The maximum Gasteiger partial charge on any atom is 0.280 e. The molecule has 0 saturated carbocycles. The van der Waals surface area contributed by atoms with Gasteiger partial charge in [0.05, 0.1) is 15.8 Å². The molecule has 3 rings (SSSR count). The maximum atomic E-state index is 13.8. The van der Waals surface area contributed by atoms with Crippen LogP contribution < -0.4 is 25.9 Å². The van der Waals surface area contributed by atoms with Gasteiger partial charge < -0.3 is 15.0 Å². The van der Waals surface area contributed by atoms with Crippen LogP contribution in [0.15, 0.2) is 23.0 Å². The second kappa shape index (κ2) is 16.7. The maximum absolute atomic E-state index is 13.8. The van der Waals surface area contributed by atoms with E-state index < -0.39 is 11.4 Å². The second-order valence-electron chi connectivity index (χ2n) is 12.5. The summed E-state index contributed by atoms with van der Waals surface area (Å²) < 4.78 is 1.12.